The first-order valence-electron chi connectivity index (χ1n) is 6.74. The molecule has 0 aliphatic rings. The number of aryl methyl sites for hydroxylation is 1. The van der Waals surface area contributed by atoms with Crippen molar-refractivity contribution in [1.29, 1.82) is 0 Å². The van der Waals surface area contributed by atoms with Crippen LogP contribution in [0.1, 0.15) is 17.2 Å². The Morgan fingerprint density at radius 1 is 1.00 bits per heavy atom. The summed E-state index contributed by atoms with van der Waals surface area (Å²) in [6.07, 6.45) is -0.651. The zero-order valence-electron chi connectivity index (χ0n) is 12.5. The monoisotopic (exact) mass is 304 g/mol. The Morgan fingerprint density at radius 3 is 2.10 bits per heavy atom. The minimum atomic E-state index is -0.651. The maximum atomic E-state index is 10.5. The van der Waals surface area contributed by atoms with Gasteiger partial charge in [-0.15, -0.1) is 11.8 Å². The zero-order chi connectivity index (χ0) is 15.2. The van der Waals surface area contributed by atoms with Gasteiger partial charge in [-0.2, -0.15) is 0 Å². The fraction of sp³-hybridized carbons (Fsp3) is 0.294. The molecule has 1 unspecified atom stereocenters. The molecule has 0 saturated carbocycles. The molecule has 0 heterocycles. The van der Waals surface area contributed by atoms with Gasteiger partial charge in [0, 0.05) is 10.6 Å². The van der Waals surface area contributed by atoms with Crippen molar-refractivity contribution >= 4 is 11.8 Å². The molecule has 0 bridgehead atoms. The lowest BCUT2D eigenvalue weighted by Gasteiger charge is -2.17. The average Bonchev–Trinajstić information content (AvgIpc) is 2.53. The van der Waals surface area contributed by atoms with E-state index in [0.717, 1.165) is 4.90 Å². The fourth-order valence-electron chi connectivity index (χ4n) is 2.10. The highest BCUT2D eigenvalue weighted by Gasteiger charge is 2.18. The number of methoxy groups -OCH3 is 2. The van der Waals surface area contributed by atoms with Crippen LogP contribution >= 0.6 is 11.8 Å². The number of thioether (sulfide) groups is 1. The van der Waals surface area contributed by atoms with Gasteiger partial charge >= 0.3 is 0 Å². The Labute approximate surface area is 129 Å². The van der Waals surface area contributed by atoms with Gasteiger partial charge in [-0.05, 0) is 31.2 Å². The van der Waals surface area contributed by atoms with Crippen molar-refractivity contribution in [3.05, 3.63) is 53.6 Å². The molecule has 1 atom stereocenters. The molecule has 2 aromatic rings. The molecule has 0 aliphatic carbocycles. The Kier molecular flexibility index (Phi) is 5.53. The number of hydrogen-bond donors (Lipinski definition) is 1. The second-order valence-electron chi connectivity index (χ2n) is 4.72. The number of rotatable bonds is 6. The second kappa shape index (κ2) is 7.38. The summed E-state index contributed by atoms with van der Waals surface area (Å²) in [5, 5.41) is 10.5. The van der Waals surface area contributed by atoms with Crippen LogP contribution in [0.2, 0.25) is 0 Å². The molecule has 0 spiro atoms. The van der Waals surface area contributed by atoms with Crippen LogP contribution in [0.15, 0.2) is 47.4 Å². The highest BCUT2D eigenvalue weighted by atomic mass is 32.2. The molecule has 2 aromatic carbocycles. The summed E-state index contributed by atoms with van der Waals surface area (Å²) in [6.45, 7) is 2.06. The van der Waals surface area contributed by atoms with Gasteiger partial charge in [0.2, 0.25) is 0 Å². The normalized spacial score (nSPS) is 12.0. The van der Waals surface area contributed by atoms with Crippen LogP contribution in [0, 0.1) is 6.92 Å². The van der Waals surface area contributed by atoms with E-state index < -0.39 is 6.10 Å². The Morgan fingerprint density at radius 2 is 1.57 bits per heavy atom. The molecule has 2 rings (SSSR count). The third-order valence-corrected chi connectivity index (χ3v) is 4.32. The van der Waals surface area contributed by atoms with Gasteiger partial charge in [-0.3, -0.25) is 0 Å². The van der Waals surface area contributed by atoms with Crippen LogP contribution in [-0.4, -0.2) is 25.1 Å². The molecular weight excluding hydrogens is 284 g/mol. The number of hydrogen-bond acceptors (Lipinski definition) is 4. The second-order valence-corrected chi connectivity index (χ2v) is 5.81. The van der Waals surface area contributed by atoms with Gasteiger partial charge in [0.1, 0.15) is 11.5 Å². The van der Waals surface area contributed by atoms with Crippen molar-refractivity contribution in [2.45, 2.75) is 17.9 Å². The van der Waals surface area contributed by atoms with E-state index in [9.17, 15) is 5.11 Å². The summed E-state index contributed by atoms with van der Waals surface area (Å²) in [6, 6.07) is 13.8. The number of benzene rings is 2. The molecule has 0 fully saturated rings. The zero-order valence-corrected chi connectivity index (χ0v) is 13.3. The predicted molar refractivity (Wildman–Crippen MR) is 86.4 cm³/mol. The van der Waals surface area contributed by atoms with Gasteiger partial charge in [0.25, 0.3) is 0 Å². The minimum Gasteiger partial charge on any atom is -0.496 e. The summed E-state index contributed by atoms with van der Waals surface area (Å²) in [5.41, 5.74) is 1.92. The van der Waals surface area contributed by atoms with E-state index in [0.29, 0.717) is 22.8 Å². The minimum absolute atomic E-state index is 0.541. The Hall–Kier alpha value is -1.65. The number of aliphatic hydroxyl groups excluding tert-OH is 1. The highest BCUT2D eigenvalue weighted by Crippen LogP contribution is 2.36. The van der Waals surface area contributed by atoms with E-state index in [2.05, 4.69) is 31.2 Å². The van der Waals surface area contributed by atoms with Gasteiger partial charge in [-0.1, -0.05) is 23.8 Å². The maximum absolute atomic E-state index is 10.5. The molecule has 0 aromatic heterocycles. The summed E-state index contributed by atoms with van der Waals surface area (Å²) in [5.74, 6) is 1.83. The van der Waals surface area contributed by atoms with Crippen molar-refractivity contribution in [2.75, 3.05) is 20.0 Å². The third-order valence-electron chi connectivity index (χ3n) is 3.23. The first-order valence-corrected chi connectivity index (χ1v) is 7.72. The van der Waals surface area contributed by atoms with Gasteiger partial charge in [-0.25, -0.2) is 0 Å². The average molecular weight is 304 g/mol. The third kappa shape index (κ3) is 3.93. The first-order chi connectivity index (χ1) is 10.2. The van der Waals surface area contributed by atoms with Crippen LogP contribution in [0.5, 0.6) is 11.5 Å². The van der Waals surface area contributed by atoms with Crippen molar-refractivity contribution in [3.63, 3.8) is 0 Å². The van der Waals surface area contributed by atoms with Crippen molar-refractivity contribution in [1.82, 2.24) is 0 Å². The molecule has 0 aliphatic heterocycles. The van der Waals surface area contributed by atoms with Crippen LogP contribution < -0.4 is 9.47 Å². The maximum Gasteiger partial charge on any atom is 0.128 e. The molecule has 21 heavy (non-hydrogen) atoms. The van der Waals surface area contributed by atoms with E-state index in [4.69, 9.17) is 9.47 Å². The fourth-order valence-corrected chi connectivity index (χ4v) is 2.95. The molecule has 4 heteroatoms. The summed E-state index contributed by atoms with van der Waals surface area (Å²) in [4.78, 5) is 1.13. The summed E-state index contributed by atoms with van der Waals surface area (Å²) in [7, 11) is 3.19. The summed E-state index contributed by atoms with van der Waals surface area (Å²) >= 11 is 1.61. The molecule has 112 valence electrons. The van der Waals surface area contributed by atoms with Crippen LogP contribution in [-0.2, 0) is 0 Å². The number of ether oxygens (including phenoxy) is 2. The van der Waals surface area contributed by atoms with Crippen molar-refractivity contribution in [3.8, 4) is 11.5 Å². The van der Waals surface area contributed by atoms with E-state index in [-0.39, 0.29) is 0 Å². The van der Waals surface area contributed by atoms with E-state index >= 15 is 0 Å². The van der Waals surface area contributed by atoms with Gasteiger partial charge in [0.15, 0.2) is 0 Å². The Balaban J connectivity index is 2.12. The van der Waals surface area contributed by atoms with Crippen molar-refractivity contribution < 1.29 is 14.6 Å². The topological polar surface area (TPSA) is 38.7 Å². The predicted octanol–water partition coefficient (Wildman–Crippen LogP) is 3.84. The molecular formula is C17H20O3S. The first kappa shape index (κ1) is 15.7. The van der Waals surface area contributed by atoms with Gasteiger partial charge < -0.3 is 14.6 Å². The molecule has 1 N–H and O–H groups in total. The quantitative estimate of drug-likeness (QED) is 0.823. The lowest BCUT2D eigenvalue weighted by molar-refractivity contribution is 0.193. The highest BCUT2D eigenvalue weighted by molar-refractivity contribution is 7.99. The molecule has 0 radical (unpaired) electrons. The van der Waals surface area contributed by atoms with Crippen molar-refractivity contribution in [2.24, 2.45) is 0 Å². The molecule has 0 amide bonds. The van der Waals surface area contributed by atoms with Crippen LogP contribution in [0.4, 0.5) is 0 Å². The van der Waals surface area contributed by atoms with Gasteiger partial charge in [0.05, 0.1) is 25.9 Å². The van der Waals surface area contributed by atoms with E-state index in [1.807, 2.05) is 18.2 Å². The molecule has 3 nitrogen and oxygen atoms in total. The largest absolute Gasteiger partial charge is 0.496 e. The number of aliphatic hydroxyl groups is 1. The SMILES string of the molecule is COc1cccc(OC)c1C(O)CSc1ccc(C)cc1. The lowest BCUT2D eigenvalue weighted by atomic mass is 10.1. The Bertz CT molecular complexity index is 559. The van der Waals surface area contributed by atoms with E-state index in [1.165, 1.54) is 5.56 Å². The lowest BCUT2D eigenvalue weighted by Crippen LogP contribution is -2.05. The van der Waals surface area contributed by atoms with Crippen LogP contribution in [0.3, 0.4) is 0 Å². The smallest absolute Gasteiger partial charge is 0.128 e. The van der Waals surface area contributed by atoms with Crippen LogP contribution in [0.25, 0.3) is 0 Å². The van der Waals surface area contributed by atoms with E-state index in [1.54, 1.807) is 26.0 Å². The summed E-state index contributed by atoms with van der Waals surface area (Å²) < 4.78 is 10.7. The molecule has 0 saturated heterocycles. The standard InChI is InChI=1S/C17H20O3S/c1-12-7-9-13(10-8-12)21-11-14(18)17-15(19-2)5-4-6-16(17)20-3/h4-10,14,18H,11H2,1-3H3.